The lowest BCUT2D eigenvalue weighted by Crippen LogP contribution is -2.59. The van der Waals surface area contributed by atoms with Crippen LogP contribution in [-0.2, 0) is 10.0 Å². The quantitative estimate of drug-likeness (QED) is 0.537. The van der Waals surface area contributed by atoms with Crippen molar-refractivity contribution in [2.45, 2.75) is 70.3 Å². The molecule has 5 nitrogen and oxygen atoms in total. The zero-order valence-corrected chi connectivity index (χ0v) is 13.8. The van der Waals surface area contributed by atoms with Crippen LogP contribution in [0.15, 0.2) is 0 Å². The highest BCUT2D eigenvalue weighted by molar-refractivity contribution is 7.89. The van der Waals surface area contributed by atoms with Gasteiger partial charge in [-0.05, 0) is 50.4 Å². The predicted octanol–water partition coefficient (Wildman–Crippen LogP) is 2.37. The normalized spacial score (nSPS) is 32.0. The van der Waals surface area contributed by atoms with E-state index < -0.39 is 15.6 Å². The maximum Gasteiger partial charge on any atom is 0.212 e. The molecule has 0 aromatic heterocycles. The molecule has 21 heavy (non-hydrogen) atoms. The van der Waals surface area contributed by atoms with Gasteiger partial charge in [0.1, 0.15) is 5.84 Å². The second-order valence-electron chi connectivity index (χ2n) is 7.07. The number of nitrogens with two attached hydrogens (primary N) is 1. The van der Waals surface area contributed by atoms with Gasteiger partial charge in [-0.3, -0.25) is 5.41 Å². The molecular weight excluding hydrogens is 286 g/mol. The Labute approximate surface area is 128 Å². The fourth-order valence-corrected chi connectivity index (χ4v) is 5.63. The Hall–Kier alpha value is -0.620. The minimum Gasteiger partial charge on any atom is -0.386 e. The number of rotatable bonds is 5. The summed E-state index contributed by atoms with van der Waals surface area (Å²) in [6.07, 6.45) is 8.64. The van der Waals surface area contributed by atoms with Gasteiger partial charge in [-0.1, -0.05) is 26.2 Å². The molecule has 0 bridgehead atoms. The highest BCUT2D eigenvalue weighted by Crippen LogP contribution is 2.33. The van der Waals surface area contributed by atoms with Crippen molar-refractivity contribution in [1.82, 2.24) is 4.72 Å². The van der Waals surface area contributed by atoms with Crippen LogP contribution < -0.4 is 10.5 Å². The predicted molar refractivity (Wildman–Crippen MR) is 85.8 cm³/mol. The molecule has 2 rings (SSSR count). The molecule has 2 saturated carbocycles. The Morgan fingerprint density at radius 2 is 1.76 bits per heavy atom. The van der Waals surface area contributed by atoms with Crippen LogP contribution in [0.2, 0.25) is 0 Å². The Morgan fingerprint density at radius 1 is 1.19 bits per heavy atom. The first-order valence-corrected chi connectivity index (χ1v) is 9.84. The molecule has 2 aliphatic rings. The van der Waals surface area contributed by atoms with E-state index in [1.54, 1.807) is 0 Å². The second-order valence-corrected chi connectivity index (χ2v) is 8.83. The van der Waals surface area contributed by atoms with E-state index in [9.17, 15) is 8.42 Å². The standard InChI is InChI=1S/C15H29N3O2S/c1-12-7-9-15(10-8-12,14(16)17)18-21(19,20)11-13-5-3-2-4-6-13/h12-13,18H,2-11H2,1H3,(H3,16,17). The summed E-state index contributed by atoms with van der Waals surface area (Å²) in [5, 5.41) is 7.85. The third-order valence-electron chi connectivity index (χ3n) is 5.17. The molecule has 0 amide bonds. The van der Waals surface area contributed by atoms with Gasteiger partial charge >= 0.3 is 0 Å². The molecule has 0 radical (unpaired) electrons. The van der Waals surface area contributed by atoms with Gasteiger partial charge in [-0.2, -0.15) is 0 Å². The molecule has 2 aliphatic carbocycles. The summed E-state index contributed by atoms with van der Waals surface area (Å²) >= 11 is 0. The minimum absolute atomic E-state index is 0.0263. The molecule has 0 aliphatic heterocycles. The first kappa shape index (κ1) is 16.7. The van der Waals surface area contributed by atoms with Crippen molar-refractivity contribution >= 4 is 15.9 Å². The molecule has 0 saturated heterocycles. The first-order chi connectivity index (χ1) is 9.83. The van der Waals surface area contributed by atoms with Crippen molar-refractivity contribution < 1.29 is 8.42 Å². The lowest BCUT2D eigenvalue weighted by molar-refractivity contribution is 0.284. The average molecular weight is 315 g/mol. The van der Waals surface area contributed by atoms with Gasteiger partial charge in [0.25, 0.3) is 0 Å². The van der Waals surface area contributed by atoms with E-state index in [0.29, 0.717) is 18.8 Å². The van der Waals surface area contributed by atoms with Gasteiger partial charge < -0.3 is 5.73 Å². The lowest BCUT2D eigenvalue weighted by Gasteiger charge is -2.39. The van der Waals surface area contributed by atoms with E-state index in [4.69, 9.17) is 11.1 Å². The van der Waals surface area contributed by atoms with E-state index in [-0.39, 0.29) is 17.5 Å². The summed E-state index contributed by atoms with van der Waals surface area (Å²) < 4.78 is 27.8. The van der Waals surface area contributed by atoms with Crippen LogP contribution in [0.5, 0.6) is 0 Å². The molecule has 6 heteroatoms. The van der Waals surface area contributed by atoms with Gasteiger partial charge in [0, 0.05) is 0 Å². The van der Waals surface area contributed by atoms with Gasteiger partial charge in [0.05, 0.1) is 11.3 Å². The molecule has 0 atom stereocenters. The number of hydrogen-bond donors (Lipinski definition) is 3. The summed E-state index contributed by atoms with van der Waals surface area (Å²) in [6.45, 7) is 2.17. The Bertz CT molecular complexity index is 461. The van der Waals surface area contributed by atoms with Crippen LogP contribution >= 0.6 is 0 Å². The molecule has 0 heterocycles. The largest absolute Gasteiger partial charge is 0.386 e. The van der Waals surface area contributed by atoms with Crippen LogP contribution in [0.1, 0.15) is 64.7 Å². The van der Waals surface area contributed by atoms with E-state index in [2.05, 4.69) is 11.6 Å². The van der Waals surface area contributed by atoms with Crippen molar-refractivity contribution in [2.24, 2.45) is 17.6 Å². The van der Waals surface area contributed by atoms with Crippen LogP contribution in [0.25, 0.3) is 0 Å². The molecular formula is C15H29N3O2S. The molecule has 0 aromatic rings. The highest BCUT2D eigenvalue weighted by atomic mass is 32.2. The maximum atomic E-state index is 12.5. The van der Waals surface area contributed by atoms with Gasteiger partial charge in [0.15, 0.2) is 0 Å². The Kier molecular flexibility index (Phi) is 5.30. The molecule has 2 fully saturated rings. The molecule has 0 spiro atoms. The van der Waals surface area contributed by atoms with Crippen LogP contribution in [-0.4, -0.2) is 25.5 Å². The van der Waals surface area contributed by atoms with E-state index in [0.717, 1.165) is 38.5 Å². The topological polar surface area (TPSA) is 96.0 Å². The Morgan fingerprint density at radius 3 is 2.29 bits per heavy atom. The van der Waals surface area contributed by atoms with Gasteiger partial charge in [-0.15, -0.1) is 0 Å². The number of sulfonamides is 1. The molecule has 0 unspecified atom stereocenters. The Balaban J connectivity index is 2.03. The highest BCUT2D eigenvalue weighted by Gasteiger charge is 2.40. The van der Waals surface area contributed by atoms with Crippen molar-refractivity contribution in [1.29, 1.82) is 5.41 Å². The minimum atomic E-state index is -3.37. The molecule has 0 aromatic carbocycles. The van der Waals surface area contributed by atoms with Crippen molar-refractivity contribution in [2.75, 3.05) is 5.75 Å². The summed E-state index contributed by atoms with van der Waals surface area (Å²) in [4.78, 5) is 0. The van der Waals surface area contributed by atoms with Crippen LogP contribution in [0.4, 0.5) is 0 Å². The monoisotopic (exact) mass is 315 g/mol. The summed E-state index contributed by atoms with van der Waals surface area (Å²) in [6, 6.07) is 0. The number of nitrogens with one attached hydrogen (secondary N) is 2. The van der Waals surface area contributed by atoms with Crippen LogP contribution in [0, 0.1) is 17.2 Å². The van der Waals surface area contributed by atoms with E-state index >= 15 is 0 Å². The zero-order chi connectivity index (χ0) is 15.5. The maximum absolute atomic E-state index is 12.5. The smallest absolute Gasteiger partial charge is 0.212 e. The van der Waals surface area contributed by atoms with Crippen molar-refractivity contribution in [3.63, 3.8) is 0 Å². The fourth-order valence-electron chi connectivity index (χ4n) is 3.68. The lowest BCUT2D eigenvalue weighted by atomic mass is 9.77. The van der Waals surface area contributed by atoms with Crippen LogP contribution in [0.3, 0.4) is 0 Å². The SMILES string of the molecule is CC1CCC(NS(=O)(=O)CC2CCCCC2)(C(=N)N)CC1. The molecule has 4 N–H and O–H groups in total. The summed E-state index contributed by atoms with van der Waals surface area (Å²) in [5.74, 6) is 1.02. The second kappa shape index (κ2) is 6.65. The molecule has 122 valence electrons. The van der Waals surface area contributed by atoms with Crippen molar-refractivity contribution in [3.05, 3.63) is 0 Å². The third kappa shape index (κ3) is 4.42. The van der Waals surface area contributed by atoms with Gasteiger partial charge in [-0.25, -0.2) is 13.1 Å². The van der Waals surface area contributed by atoms with E-state index in [1.165, 1.54) is 6.42 Å². The van der Waals surface area contributed by atoms with E-state index in [1.807, 2.05) is 0 Å². The zero-order valence-electron chi connectivity index (χ0n) is 13.0. The average Bonchev–Trinajstić information content (AvgIpc) is 2.41. The fraction of sp³-hybridized carbons (Fsp3) is 0.933. The van der Waals surface area contributed by atoms with Gasteiger partial charge in [0.2, 0.25) is 10.0 Å². The van der Waals surface area contributed by atoms with Crippen molar-refractivity contribution in [3.8, 4) is 0 Å². The first-order valence-electron chi connectivity index (χ1n) is 8.19. The third-order valence-corrected chi connectivity index (χ3v) is 6.79. The number of amidine groups is 1. The summed E-state index contributed by atoms with van der Waals surface area (Å²) in [7, 11) is -3.37. The number of hydrogen-bond acceptors (Lipinski definition) is 3. The summed E-state index contributed by atoms with van der Waals surface area (Å²) in [5.41, 5.74) is 4.91.